The molecule has 1 aliphatic carbocycles. The standard InChI is InChI=1S/C15H20F2N2O3/c16-13-4-3-12(5-14(13)17)22-9-11(20)7-19-15(21)8-18-6-10-1-2-10/h3-5,10-11,18,20H,1-2,6-9H2,(H,19,21). The van der Waals surface area contributed by atoms with Gasteiger partial charge in [-0.1, -0.05) is 0 Å². The van der Waals surface area contributed by atoms with Gasteiger partial charge in [-0.05, 0) is 37.4 Å². The minimum absolute atomic E-state index is 0.0353. The van der Waals surface area contributed by atoms with Gasteiger partial charge in [0.2, 0.25) is 5.91 Å². The van der Waals surface area contributed by atoms with Gasteiger partial charge in [0, 0.05) is 12.6 Å². The molecule has 0 aliphatic heterocycles. The number of aliphatic hydroxyl groups is 1. The zero-order chi connectivity index (χ0) is 15.9. The molecule has 0 aromatic heterocycles. The lowest BCUT2D eigenvalue weighted by Gasteiger charge is -2.13. The zero-order valence-electron chi connectivity index (χ0n) is 12.1. The predicted octanol–water partition coefficient (Wildman–Crippen LogP) is 0.820. The van der Waals surface area contributed by atoms with Gasteiger partial charge in [-0.25, -0.2) is 8.78 Å². The number of carbonyl (C=O) groups excluding carboxylic acids is 1. The van der Waals surface area contributed by atoms with Crippen LogP contribution in [0.15, 0.2) is 18.2 Å². The molecular formula is C15H20F2N2O3. The van der Waals surface area contributed by atoms with Crippen LogP contribution in [-0.2, 0) is 4.79 Å². The van der Waals surface area contributed by atoms with Gasteiger partial charge < -0.3 is 20.5 Å². The van der Waals surface area contributed by atoms with Crippen LogP contribution < -0.4 is 15.4 Å². The largest absolute Gasteiger partial charge is 0.491 e. The van der Waals surface area contributed by atoms with Gasteiger partial charge in [-0.2, -0.15) is 0 Å². The molecule has 2 rings (SSSR count). The molecule has 1 fully saturated rings. The fraction of sp³-hybridized carbons (Fsp3) is 0.533. The van der Waals surface area contributed by atoms with Crippen molar-refractivity contribution < 1.29 is 23.4 Å². The van der Waals surface area contributed by atoms with E-state index < -0.39 is 17.7 Å². The first-order valence-corrected chi connectivity index (χ1v) is 7.28. The third-order valence-electron chi connectivity index (χ3n) is 3.28. The number of benzene rings is 1. The van der Waals surface area contributed by atoms with Gasteiger partial charge in [0.15, 0.2) is 11.6 Å². The summed E-state index contributed by atoms with van der Waals surface area (Å²) in [5.74, 6) is -1.35. The summed E-state index contributed by atoms with van der Waals surface area (Å²) in [6.45, 7) is 0.969. The molecule has 1 saturated carbocycles. The van der Waals surface area contributed by atoms with E-state index in [-0.39, 0.29) is 31.4 Å². The Morgan fingerprint density at radius 1 is 1.36 bits per heavy atom. The first kappa shape index (κ1) is 16.6. The lowest BCUT2D eigenvalue weighted by atomic mass is 10.3. The van der Waals surface area contributed by atoms with Crippen molar-refractivity contribution in [2.45, 2.75) is 18.9 Å². The summed E-state index contributed by atoms with van der Waals surface area (Å²) in [5.41, 5.74) is 0. The molecule has 1 aliphatic rings. The number of rotatable bonds is 9. The molecule has 1 aromatic rings. The molecule has 22 heavy (non-hydrogen) atoms. The first-order valence-electron chi connectivity index (χ1n) is 7.28. The van der Waals surface area contributed by atoms with Crippen molar-refractivity contribution in [3.8, 4) is 5.75 Å². The molecular weight excluding hydrogens is 294 g/mol. The Bertz CT molecular complexity index is 510. The van der Waals surface area contributed by atoms with Crippen LogP contribution in [0, 0.1) is 17.6 Å². The highest BCUT2D eigenvalue weighted by atomic mass is 19.2. The lowest BCUT2D eigenvalue weighted by Crippen LogP contribution is -2.40. The summed E-state index contributed by atoms with van der Waals surface area (Å²) in [4.78, 5) is 11.5. The van der Waals surface area contributed by atoms with E-state index in [2.05, 4.69) is 10.6 Å². The number of aliphatic hydroxyl groups excluding tert-OH is 1. The predicted molar refractivity (Wildman–Crippen MR) is 76.5 cm³/mol. The molecule has 1 amide bonds. The number of carbonyl (C=O) groups is 1. The third kappa shape index (κ3) is 5.95. The number of halogens is 2. The highest BCUT2D eigenvalue weighted by Crippen LogP contribution is 2.27. The molecule has 0 saturated heterocycles. The maximum atomic E-state index is 13.0. The molecule has 7 heteroatoms. The average Bonchev–Trinajstić information content (AvgIpc) is 3.30. The van der Waals surface area contributed by atoms with Crippen molar-refractivity contribution in [3.63, 3.8) is 0 Å². The Hall–Kier alpha value is -1.73. The van der Waals surface area contributed by atoms with E-state index in [1.165, 1.54) is 18.9 Å². The number of nitrogens with one attached hydrogen (secondary N) is 2. The highest BCUT2D eigenvalue weighted by molar-refractivity contribution is 5.77. The second-order valence-electron chi connectivity index (χ2n) is 5.42. The van der Waals surface area contributed by atoms with Crippen molar-refractivity contribution in [2.24, 2.45) is 5.92 Å². The fourth-order valence-electron chi connectivity index (χ4n) is 1.82. The van der Waals surface area contributed by atoms with E-state index in [9.17, 15) is 18.7 Å². The van der Waals surface area contributed by atoms with Crippen LogP contribution in [-0.4, -0.2) is 43.4 Å². The molecule has 1 unspecified atom stereocenters. The maximum absolute atomic E-state index is 13.0. The van der Waals surface area contributed by atoms with E-state index in [0.29, 0.717) is 5.92 Å². The van der Waals surface area contributed by atoms with Crippen LogP contribution in [0.3, 0.4) is 0 Å². The molecule has 1 atom stereocenters. The van der Waals surface area contributed by atoms with E-state index in [0.717, 1.165) is 18.7 Å². The third-order valence-corrected chi connectivity index (χ3v) is 3.28. The minimum atomic E-state index is -1.01. The highest BCUT2D eigenvalue weighted by Gasteiger charge is 2.20. The molecule has 1 aromatic carbocycles. The summed E-state index contributed by atoms with van der Waals surface area (Å²) in [6, 6.07) is 3.12. The topological polar surface area (TPSA) is 70.6 Å². The van der Waals surface area contributed by atoms with Gasteiger partial charge in [-0.15, -0.1) is 0 Å². The van der Waals surface area contributed by atoms with Crippen LogP contribution >= 0.6 is 0 Å². The van der Waals surface area contributed by atoms with Gasteiger partial charge in [0.1, 0.15) is 18.5 Å². The Kier molecular flexibility index (Phi) is 6.09. The van der Waals surface area contributed by atoms with E-state index >= 15 is 0 Å². The Morgan fingerprint density at radius 3 is 2.82 bits per heavy atom. The van der Waals surface area contributed by atoms with E-state index in [1.807, 2.05) is 0 Å². The van der Waals surface area contributed by atoms with Crippen LogP contribution in [0.4, 0.5) is 8.78 Å². The van der Waals surface area contributed by atoms with Gasteiger partial charge in [0.25, 0.3) is 0 Å². The molecule has 5 nitrogen and oxygen atoms in total. The number of hydrogen-bond acceptors (Lipinski definition) is 4. The second-order valence-corrected chi connectivity index (χ2v) is 5.42. The van der Waals surface area contributed by atoms with Gasteiger partial charge in [-0.3, -0.25) is 4.79 Å². The Balaban J connectivity index is 1.59. The number of ether oxygens (including phenoxy) is 1. The lowest BCUT2D eigenvalue weighted by molar-refractivity contribution is -0.120. The van der Waals surface area contributed by atoms with E-state index in [1.54, 1.807) is 0 Å². The van der Waals surface area contributed by atoms with Crippen molar-refractivity contribution >= 4 is 5.91 Å². The van der Waals surface area contributed by atoms with Crippen molar-refractivity contribution in [1.82, 2.24) is 10.6 Å². The van der Waals surface area contributed by atoms with Gasteiger partial charge >= 0.3 is 0 Å². The molecule has 3 N–H and O–H groups in total. The van der Waals surface area contributed by atoms with Crippen molar-refractivity contribution in [3.05, 3.63) is 29.8 Å². The van der Waals surface area contributed by atoms with E-state index in [4.69, 9.17) is 4.74 Å². The van der Waals surface area contributed by atoms with Crippen LogP contribution in [0.25, 0.3) is 0 Å². The van der Waals surface area contributed by atoms with Crippen LogP contribution in [0.5, 0.6) is 5.75 Å². The summed E-state index contributed by atoms with van der Waals surface area (Å²) in [5, 5.41) is 15.3. The van der Waals surface area contributed by atoms with Gasteiger partial charge in [0.05, 0.1) is 6.54 Å². The van der Waals surface area contributed by atoms with Crippen LogP contribution in [0.1, 0.15) is 12.8 Å². The van der Waals surface area contributed by atoms with Crippen molar-refractivity contribution in [1.29, 1.82) is 0 Å². The maximum Gasteiger partial charge on any atom is 0.234 e. The average molecular weight is 314 g/mol. The smallest absolute Gasteiger partial charge is 0.234 e. The quantitative estimate of drug-likeness (QED) is 0.631. The summed E-state index contributed by atoms with van der Waals surface area (Å²) >= 11 is 0. The summed E-state index contributed by atoms with van der Waals surface area (Å²) in [6.07, 6.45) is 1.50. The first-order chi connectivity index (χ1) is 10.5. The molecule has 122 valence electrons. The van der Waals surface area contributed by atoms with Crippen LogP contribution in [0.2, 0.25) is 0 Å². The summed E-state index contributed by atoms with van der Waals surface area (Å²) in [7, 11) is 0. The van der Waals surface area contributed by atoms with Crippen molar-refractivity contribution in [2.75, 3.05) is 26.2 Å². The summed E-state index contributed by atoms with van der Waals surface area (Å²) < 4.78 is 30.8. The molecule has 0 bridgehead atoms. The number of hydrogen-bond donors (Lipinski definition) is 3. The molecule has 0 radical (unpaired) electrons. The Morgan fingerprint density at radius 2 is 2.14 bits per heavy atom. The SMILES string of the molecule is O=C(CNCC1CC1)NCC(O)COc1ccc(F)c(F)c1. The minimum Gasteiger partial charge on any atom is -0.491 e. The second kappa shape index (κ2) is 8.05. The normalized spacial score (nSPS) is 15.4. The zero-order valence-corrected chi connectivity index (χ0v) is 12.1. The number of amides is 1. The monoisotopic (exact) mass is 314 g/mol. The fourth-order valence-corrected chi connectivity index (χ4v) is 1.82. The molecule has 0 heterocycles. The Labute approximate surface area is 127 Å². The molecule has 0 spiro atoms.